The van der Waals surface area contributed by atoms with E-state index < -0.39 is 0 Å². The number of nitrogens with zero attached hydrogens (tertiary/aromatic N) is 3. The third-order valence-electron chi connectivity index (χ3n) is 3.37. The van der Waals surface area contributed by atoms with Gasteiger partial charge in [0, 0.05) is 42.3 Å². The number of aryl methyl sites for hydroxylation is 2. The molecule has 0 fully saturated rings. The van der Waals surface area contributed by atoms with E-state index in [0.29, 0.717) is 0 Å². The lowest BCUT2D eigenvalue weighted by Crippen LogP contribution is -2.03. The second-order valence-electron chi connectivity index (χ2n) is 4.57. The first-order valence-electron chi connectivity index (χ1n) is 6.30. The molecule has 0 unspecified atom stereocenters. The van der Waals surface area contributed by atoms with Crippen LogP contribution in [-0.2, 0) is 19.5 Å². The number of fused-ring (bicyclic) bond motifs is 1. The van der Waals surface area contributed by atoms with Crippen LogP contribution in [0.2, 0.25) is 0 Å². The van der Waals surface area contributed by atoms with Crippen molar-refractivity contribution in [3.63, 3.8) is 0 Å². The van der Waals surface area contributed by atoms with Crippen molar-refractivity contribution in [2.24, 2.45) is 0 Å². The summed E-state index contributed by atoms with van der Waals surface area (Å²) in [5.74, 6) is 0.828. The SMILES string of the molecule is CCc1nc(-c2ccncc2C)nc2c1CNC2. The van der Waals surface area contributed by atoms with Crippen LogP contribution in [0, 0.1) is 6.92 Å². The second kappa shape index (κ2) is 4.46. The zero-order valence-corrected chi connectivity index (χ0v) is 10.7. The topological polar surface area (TPSA) is 50.7 Å². The van der Waals surface area contributed by atoms with Crippen molar-refractivity contribution in [3.05, 3.63) is 41.0 Å². The Balaban J connectivity index is 2.17. The van der Waals surface area contributed by atoms with Crippen molar-refractivity contribution in [2.45, 2.75) is 33.4 Å². The fraction of sp³-hybridized carbons (Fsp3) is 0.357. The summed E-state index contributed by atoms with van der Waals surface area (Å²) in [5, 5.41) is 3.34. The van der Waals surface area contributed by atoms with Crippen LogP contribution in [0.1, 0.15) is 29.4 Å². The highest BCUT2D eigenvalue weighted by molar-refractivity contribution is 5.59. The third kappa shape index (κ3) is 1.78. The average Bonchev–Trinajstić information content (AvgIpc) is 2.86. The van der Waals surface area contributed by atoms with Crippen molar-refractivity contribution in [1.29, 1.82) is 0 Å². The Morgan fingerprint density at radius 3 is 2.94 bits per heavy atom. The summed E-state index contributed by atoms with van der Waals surface area (Å²) in [6.45, 7) is 5.93. The predicted octanol–water partition coefficient (Wildman–Crippen LogP) is 2.01. The van der Waals surface area contributed by atoms with Crippen molar-refractivity contribution in [3.8, 4) is 11.4 Å². The molecule has 1 aliphatic rings. The van der Waals surface area contributed by atoms with E-state index in [1.807, 2.05) is 19.2 Å². The first kappa shape index (κ1) is 11.3. The molecule has 4 nitrogen and oxygen atoms in total. The van der Waals surface area contributed by atoms with Gasteiger partial charge in [-0.2, -0.15) is 0 Å². The Hall–Kier alpha value is -1.81. The predicted molar refractivity (Wildman–Crippen MR) is 69.9 cm³/mol. The molecule has 1 N–H and O–H groups in total. The van der Waals surface area contributed by atoms with E-state index >= 15 is 0 Å². The molecule has 3 rings (SSSR count). The Kier molecular flexibility index (Phi) is 2.80. The summed E-state index contributed by atoms with van der Waals surface area (Å²) in [6.07, 6.45) is 4.60. The smallest absolute Gasteiger partial charge is 0.160 e. The van der Waals surface area contributed by atoms with Crippen LogP contribution >= 0.6 is 0 Å². The second-order valence-corrected chi connectivity index (χ2v) is 4.57. The minimum atomic E-state index is 0.828. The zero-order chi connectivity index (χ0) is 12.5. The maximum atomic E-state index is 4.72. The Morgan fingerprint density at radius 2 is 2.17 bits per heavy atom. The molecule has 1 aliphatic heterocycles. The third-order valence-corrected chi connectivity index (χ3v) is 3.37. The number of pyridine rings is 1. The average molecular weight is 240 g/mol. The van der Waals surface area contributed by atoms with Gasteiger partial charge in [0.2, 0.25) is 0 Å². The molecule has 0 spiro atoms. The highest BCUT2D eigenvalue weighted by Crippen LogP contribution is 2.24. The molecule has 0 atom stereocenters. The largest absolute Gasteiger partial charge is 0.307 e. The van der Waals surface area contributed by atoms with Gasteiger partial charge in [0.05, 0.1) is 5.69 Å². The van der Waals surface area contributed by atoms with Gasteiger partial charge >= 0.3 is 0 Å². The molecule has 2 aromatic rings. The highest BCUT2D eigenvalue weighted by Gasteiger charge is 2.18. The van der Waals surface area contributed by atoms with Crippen LogP contribution in [0.25, 0.3) is 11.4 Å². The van der Waals surface area contributed by atoms with Crippen molar-refractivity contribution in [1.82, 2.24) is 20.3 Å². The molecule has 18 heavy (non-hydrogen) atoms. The van der Waals surface area contributed by atoms with E-state index in [1.54, 1.807) is 6.20 Å². The Bertz CT molecular complexity index is 592. The maximum Gasteiger partial charge on any atom is 0.160 e. The lowest BCUT2D eigenvalue weighted by atomic mass is 10.1. The first-order chi connectivity index (χ1) is 8.79. The summed E-state index contributed by atoms with van der Waals surface area (Å²) in [5.41, 5.74) is 5.79. The van der Waals surface area contributed by atoms with Crippen molar-refractivity contribution in [2.75, 3.05) is 0 Å². The molecule has 4 heteroatoms. The molecular weight excluding hydrogens is 224 g/mol. The van der Waals surface area contributed by atoms with Crippen LogP contribution in [0.15, 0.2) is 18.5 Å². The summed E-state index contributed by atoms with van der Waals surface area (Å²) in [7, 11) is 0. The quantitative estimate of drug-likeness (QED) is 0.872. The maximum absolute atomic E-state index is 4.72. The molecule has 0 amide bonds. The Labute approximate surface area is 107 Å². The van der Waals surface area contributed by atoms with E-state index in [4.69, 9.17) is 9.97 Å². The van der Waals surface area contributed by atoms with Gasteiger partial charge in [-0.15, -0.1) is 0 Å². The molecular formula is C14H16N4. The minimum absolute atomic E-state index is 0.828. The van der Waals surface area contributed by atoms with Crippen molar-refractivity contribution < 1.29 is 0 Å². The zero-order valence-electron chi connectivity index (χ0n) is 10.7. The summed E-state index contributed by atoms with van der Waals surface area (Å²) in [6, 6.07) is 1.98. The van der Waals surface area contributed by atoms with Gasteiger partial charge in [0.1, 0.15) is 0 Å². The lowest BCUT2D eigenvalue weighted by Gasteiger charge is -2.09. The minimum Gasteiger partial charge on any atom is -0.307 e. The number of rotatable bonds is 2. The van der Waals surface area contributed by atoms with Crippen LogP contribution < -0.4 is 5.32 Å². The molecule has 0 saturated carbocycles. The number of nitrogens with one attached hydrogen (secondary N) is 1. The summed E-state index contributed by atoms with van der Waals surface area (Å²) in [4.78, 5) is 13.5. The normalized spacial score (nSPS) is 13.7. The fourth-order valence-corrected chi connectivity index (χ4v) is 2.38. The monoisotopic (exact) mass is 240 g/mol. The lowest BCUT2D eigenvalue weighted by molar-refractivity contribution is 0.755. The molecule has 3 heterocycles. The molecule has 0 aliphatic carbocycles. The highest BCUT2D eigenvalue weighted by atomic mass is 15.0. The van der Waals surface area contributed by atoms with Gasteiger partial charge in [0.25, 0.3) is 0 Å². The number of hydrogen-bond acceptors (Lipinski definition) is 4. The van der Waals surface area contributed by atoms with E-state index in [2.05, 4.69) is 17.2 Å². The molecule has 0 radical (unpaired) electrons. The van der Waals surface area contributed by atoms with E-state index in [9.17, 15) is 0 Å². The number of hydrogen-bond donors (Lipinski definition) is 1. The van der Waals surface area contributed by atoms with Crippen molar-refractivity contribution >= 4 is 0 Å². The first-order valence-corrected chi connectivity index (χ1v) is 6.30. The molecule has 92 valence electrons. The van der Waals surface area contributed by atoms with Gasteiger partial charge in [-0.25, -0.2) is 9.97 Å². The van der Waals surface area contributed by atoms with Crippen LogP contribution in [0.4, 0.5) is 0 Å². The summed E-state index contributed by atoms with van der Waals surface area (Å²) >= 11 is 0. The van der Waals surface area contributed by atoms with Crippen LogP contribution in [-0.4, -0.2) is 15.0 Å². The molecule has 0 bridgehead atoms. The van der Waals surface area contributed by atoms with E-state index in [1.165, 1.54) is 5.56 Å². The summed E-state index contributed by atoms with van der Waals surface area (Å²) < 4.78 is 0. The number of aromatic nitrogens is 3. The van der Waals surface area contributed by atoms with Gasteiger partial charge < -0.3 is 5.32 Å². The van der Waals surface area contributed by atoms with Gasteiger partial charge in [0.15, 0.2) is 5.82 Å². The van der Waals surface area contributed by atoms with Gasteiger partial charge in [-0.1, -0.05) is 6.92 Å². The van der Waals surface area contributed by atoms with Gasteiger partial charge in [-0.3, -0.25) is 4.98 Å². The molecule has 2 aromatic heterocycles. The molecule has 0 saturated heterocycles. The standard InChI is InChI=1S/C14H16N4/c1-3-12-11-7-16-8-13(11)18-14(17-12)10-4-5-15-6-9(10)2/h4-6,16H,3,7-8H2,1-2H3. The van der Waals surface area contributed by atoms with Crippen LogP contribution in [0.3, 0.4) is 0 Å². The van der Waals surface area contributed by atoms with Crippen LogP contribution in [0.5, 0.6) is 0 Å². The fourth-order valence-electron chi connectivity index (χ4n) is 2.38. The Morgan fingerprint density at radius 1 is 1.28 bits per heavy atom. The van der Waals surface area contributed by atoms with E-state index in [0.717, 1.165) is 47.8 Å². The molecule has 0 aromatic carbocycles. The van der Waals surface area contributed by atoms with E-state index in [-0.39, 0.29) is 0 Å². The van der Waals surface area contributed by atoms with Gasteiger partial charge in [-0.05, 0) is 25.0 Å².